The number of halogens is 4. The molecule has 0 aliphatic heterocycles. The first-order chi connectivity index (χ1) is 6.89. The van der Waals surface area contributed by atoms with E-state index in [4.69, 9.17) is 5.73 Å². The Bertz CT molecular complexity index is 389. The average molecular weight is 280 g/mol. The quantitative estimate of drug-likeness (QED) is 0.839. The maximum Gasteiger partial charge on any atom is 0.416 e. The Morgan fingerprint density at radius 2 is 1.93 bits per heavy atom. The van der Waals surface area contributed by atoms with Crippen molar-refractivity contribution in [2.75, 3.05) is 0 Å². The molecule has 0 radical (unpaired) electrons. The van der Waals surface area contributed by atoms with Gasteiger partial charge in [0.25, 0.3) is 0 Å². The van der Waals surface area contributed by atoms with Crippen molar-refractivity contribution < 1.29 is 13.2 Å². The van der Waals surface area contributed by atoms with Gasteiger partial charge in [-0.3, -0.25) is 0 Å². The molecule has 1 saturated carbocycles. The second-order valence-electron chi connectivity index (χ2n) is 3.74. The van der Waals surface area contributed by atoms with Gasteiger partial charge in [0.05, 0.1) is 5.56 Å². The number of hydrogen-bond donors (Lipinski definition) is 1. The van der Waals surface area contributed by atoms with E-state index in [-0.39, 0.29) is 12.0 Å². The van der Waals surface area contributed by atoms with Gasteiger partial charge in [0.1, 0.15) is 0 Å². The highest BCUT2D eigenvalue weighted by Gasteiger charge is 2.37. The summed E-state index contributed by atoms with van der Waals surface area (Å²) in [6, 6.07) is 3.81. The number of hydrogen-bond acceptors (Lipinski definition) is 1. The molecule has 2 atom stereocenters. The van der Waals surface area contributed by atoms with Gasteiger partial charge in [-0.2, -0.15) is 13.2 Å². The molecule has 0 spiro atoms. The highest BCUT2D eigenvalue weighted by Crippen LogP contribution is 2.43. The molecule has 0 unspecified atom stereocenters. The van der Waals surface area contributed by atoms with E-state index in [1.165, 1.54) is 6.07 Å². The van der Waals surface area contributed by atoms with Gasteiger partial charge in [-0.1, -0.05) is 22.0 Å². The molecule has 1 aromatic carbocycles. The van der Waals surface area contributed by atoms with Crippen molar-refractivity contribution >= 4 is 15.9 Å². The lowest BCUT2D eigenvalue weighted by molar-refractivity contribution is -0.137. The summed E-state index contributed by atoms with van der Waals surface area (Å²) in [7, 11) is 0. The maximum atomic E-state index is 12.3. The van der Waals surface area contributed by atoms with E-state index in [9.17, 15) is 13.2 Å². The molecule has 1 nitrogen and oxygen atoms in total. The van der Waals surface area contributed by atoms with Gasteiger partial charge in [0.2, 0.25) is 0 Å². The summed E-state index contributed by atoms with van der Waals surface area (Å²) in [5, 5.41) is 0. The van der Waals surface area contributed by atoms with Crippen LogP contribution in [0, 0.1) is 0 Å². The van der Waals surface area contributed by atoms with Crippen LogP contribution in [0.4, 0.5) is 13.2 Å². The standard InChI is InChI=1S/C10H9BrF3N/c11-8-3-5(10(12,13)14)1-2-6(8)7-4-9(7)15/h1-3,7,9H,4,15H2/t7-,9+/m0/s1. The lowest BCUT2D eigenvalue weighted by Crippen LogP contribution is -2.06. The van der Waals surface area contributed by atoms with Crippen LogP contribution in [0.2, 0.25) is 0 Å². The zero-order valence-electron chi connectivity index (χ0n) is 7.68. The third-order valence-electron chi connectivity index (χ3n) is 2.57. The third-order valence-corrected chi connectivity index (χ3v) is 3.25. The molecule has 1 aliphatic rings. The first-order valence-electron chi connectivity index (χ1n) is 4.52. The molecule has 0 heterocycles. The molecule has 1 aliphatic carbocycles. The van der Waals surface area contributed by atoms with Crippen molar-refractivity contribution in [3.8, 4) is 0 Å². The number of rotatable bonds is 1. The summed E-state index contributed by atoms with van der Waals surface area (Å²) >= 11 is 3.15. The smallest absolute Gasteiger partial charge is 0.327 e. The van der Waals surface area contributed by atoms with Crippen LogP contribution >= 0.6 is 15.9 Å². The molecule has 1 fully saturated rings. The van der Waals surface area contributed by atoms with Crippen LogP contribution in [0.15, 0.2) is 22.7 Å². The van der Waals surface area contributed by atoms with Crippen molar-refractivity contribution in [1.82, 2.24) is 0 Å². The summed E-state index contributed by atoms with van der Waals surface area (Å²) in [6.07, 6.45) is -3.43. The monoisotopic (exact) mass is 279 g/mol. The zero-order chi connectivity index (χ0) is 11.2. The lowest BCUT2D eigenvalue weighted by atomic mass is 10.1. The molecule has 0 saturated heterocycles. The first-order valence-corrected chi connectivity index (χ1v) is 5.31. The normalized spacial score (nSPS) is 25.4. The summed E-state index contributed by atoms with van der Waals surface area (Å²) in [5.41, 5.74) is 5.89. The van der Waals surface area contributed by atoms with Crippen LogP contribution in [-0.2, 0) is 6.18 Å². The highest BCUT2D eigenvalue weighted by molar-refractivity contribution is 9.10. The van der Waals surface area contributed by atoms with Gasteiger partial charge in [-0.05, 0) is 24.1 Å². The Kier molecular flexibility index (Phi) is 2.55. The second kappa shape index (κ2) is 3.49. The zero-order valence-corrected chi connectivity index (χ0v) is 9.27. The molecule has 82 valence electrons. The topological polar surface area (TPSA) is 26.0 Å². The summed E-state index contributed by atoms with van der Waals surface area (Å²) in [5.74, 6) is 0.210. The van der Waals surface area contributed by atoms with Crippen molar-refractivity contribution in [2.24, 2.45) is 5.73 Å². The van der Waals surface area contributed by atoms with Crippen LogP contribution in [0.1, 0.15) is 23.5 Å². The van der Waals surface area contributed by atoms with E-state index in [1.54, 1.807) is 0 Å². The first kappa shape index (κ1) is 11.0. The molecule has 0 amide bonds. The summed E-state index contributed by atoms with van der Waals surface area (Å²) in [6.45, 7) is 0. The van der Waals surface area contributed by atoms with Gasteiger partial charge >= 0.3 is 6.18 Å². The largest absolute Gasteiger partial charge is 0.416 e. The Labute approximate surface area is 93.6 Å². The second-order valence-corrected chi connectivity index (χ2v) is 4.59. The molecule has 0 bridgehead atoms. The van der Waals surface area contributed by atoms with E-state index in [0.717, 1.165) is 24.1 Å². The molecule has 2 N–H and O–H groups in total. The predicted molar refractivity (Wildman–Crippen MR) is 54.5 cm³/mol. The van der Waals surface area contributed by atoms with Crippen molar-refractivity contribution in [3.05, 3.63) is 33.8 Å². The van der Waals surface area contributed by atoms with E-state index in [1.807, 2.05) is 0 Å². The van der Waals surface area contributed by atoms with Crippen molar-refractivity contribution in [1.29, 1.82) is 0 Å². The van der Waals surface area contributed by atoms with Gasteiger partial charge in [0, 0.05) is 16.4 Å². The number of benzene rings is 1. The average Bonchev–Trinajstić information content (AvgIpc) is 2.80. The van der Waals surface area contributed by atoms with E-state index >= 15 is 0 Å². The van der Waals surface area contributed by atoms with E-state index in [2.05, 4.69) is 15.9 Å². The van der Waals surface area contributed by atoms with Gasteiger partial charge < -0.3 is 5.73 Å². The fourth-order valence-corrected chi connectivity index (χ4v) is 2.25. The molecular weight excluding hydrogens is 271 g/mol. The minimum absolute atomic E-state index is 0.0954. The molecule has 2 rings (SSSR count). The maximum absolute atomic E-state index is 12.3. The van der Waals surface area contributed by atoms with E-state index < -0.39 is 11.7 Å². The van der Waals surface area contributed by atoms with E-state index in [0.29, 0.717) is 4.47 Å². The van der Waals surface area contributed by atoms with Gasteiger partial charge in [-0.15, -0.1) is 0 Å². The van der Waals surface area contributed by atoms with Crippen molar-refractivity contribution in [3.63, 3.8) is 0 Å². The SMILES string of the molecule is N[C@@H]1C[C@H]1c1ccc(C(F)(F)F)cc1Br. The van der Waals surface area contributed by atoms with Crippen molar-refractivity contribution in [2.45, 2.75) is 24.6 Å². The molecule has 0 aromatic heterocycles. The van der Waals surface area contributed by atoms with Crippen LogP contribution in [0.5, 0.6) is 0 Å². The summed E-state index contributed by atoms with van der Waals surface area (Å²) in [4.78, 5) is 0. The Morgan fingerprint density at radius 3 is 2.33 bits per heavy atom. The Morgan fingerprint density at radius 1 is 1.33 bits per heavy atom. The van der Waals surface area contributed by atoms with Crippen LogP contribution in [0.25, 0.3) is 0 Å². The van der Waals surface area contributed by atoms with Crippen LogP contribution < -0.4 is 5.73 Å². The molecule has 15 heavy (non-hydrogen) atoms. The minimum Gasteiger partial charge on any atom is -0.327 e. The fourth-order valence-electron chi connectivity index (χ4n) is 1.58. The minimum atomic E-state index is -4.29. The number of nitrogens with two attached hydrogens (primary N) is 1. The van der Waals surface area contributed by atoms with Gasteiger partial charge in [0.15, 0.2) is 0 Å². The number of alkyl halides is 3. The highest BCUT2D eigenvalue weighted by atomic mass is 79.9. The predicted octanol–water partition coefficient (Wildman–Crippen LogP) is 3.28. The molecule has 1 aromatic rings. The Balaban J connectivity index is 2.31. The third kappa shape index (κ3) is 2.18. The van der Waals surface area contributed by atoms with Gasteiger partial charge in [-0.25, -0.2) is 0 Å². The lowest BCUT2D eigenvalue weighted by Gasteiger charge is -2.09. The molecular formula is C10H9BrF3N. The Hall–Kier alpha value is -0.550. The fraction of sp³-hybridized carbons (Fsp3) is 0.400. The summed E-state index contributed by atoms with van der Waals surface area (Å²) < 4.78 is 37.5. The molecule has 5 heteroatoms. The van der Waals surface area contributed by atoms with Crippen LogP contribution in [0.3, 0.4) is 0 Å². The van der Waals surface area contributed by atoms with Crippen LogP contribution in [-0.4, -0.2) is 6.04 Å².